The first-order chi connectivity index (χ1) is 9.71. The van der Waals surface area contributed by atoms with Crippen LogP contribution in [0.4, 0.5) is 0 Å². The standard InChI is InChI=1S/C15H23NO4S/c1-11(2)14(9-15(17)18)16-21(19,20)10-12(3)13-7-5-4-6-8-13/h4-8,11-12,14,16H,9-10H2,1-3H3,(H,17,18). The highest BCUT2D eigenvalue weighted by Crippen LogP contribution is 2.17. The Bertz CT molecular complexity index is 554. The van der Waals surface area contributed by atoms with Gasteiger partial charge in [-0.1, -0.05) is 51.1 Å². The van der Waals surface area contributed by atoms with Gasteiger partial charge in [0.1, 0.15) is 0 Å². The molecule has 0 radical (unpaired) electrons. The van der Waals surface area contributed by atoms with Crippen molar-refractivity contribution in [3.05, 3.63) is 35.9 Å². The predicted octanol–water partition coefficient (Wildman–Crippen LogP) is 2.21. The molecule has 0 saturated carbocycles. The fourth-order valence-electron chi connectivity index (χ4n) is 2.09. The highest BCUT2D eigenvalue weighted by Gasteiger charge is 2.25. The van der Waals surface area contributed by atoms with E-state index in [1.807, 2.05) is 37.3 Å². The topological polar surface area (TPSA) is 83.5 Å². The number of nitrogens with one attached hydrogen (secondary N) is 1. The zero-order valence-corrected chi connectivity index (χ0v) is 13.4. The van der Waals surface area contributed by atoms with E-state index in [1.165, 1.54) is 0 Å². The Balaban J connectivity index is 2.74. The number of carbonyl (C=O) groups is 1. The molecule has 0 spiro atoms. The third-order valence-corrected chi connectivity index (χ3v) is 4.97. The van der Waals surface area contributed by atoms with Crippen molar-refractivity contribution in [2.75, 3.05) is 5.75 Å². The molecule has 1 aromatic carbocycles. The molecule has 118 valence electrons. The summed E-state index contributed by atoms with van der Waals surface area (Å²) in [5.74, 6) is -1.29. The first kappa shape index (κ1) is 17.7. The Morgan fingerprint density at radius 3 is 2.24 bits per heavy atom. The van der Waals surface area contributed by atoms with E-state index in [0.717, 1.165) is 5.56 Å². The normalized spacial score (nSPS) is 14.9. The number of carboxylic acids is 1. The molecule has 2 atom stereocenters. The van der Waals surface area contributed by atoms with Gasteiger partial charge in [-0.3, -0.25) is 4.79 Å². The van der Waals surface area contributed by atoms with Gasteiger partial charge in [0, 0.05) is 6.04 Å². The highest BCUT2D eigenvalue weighted by molar-refractivity contribution is 7.89. The van der Waals surface area contributed by atoms with E-state index in [4.69, 9.17) is 5.11 Å². The molecule has 2 N–H and O–H groups in total. The molecule has 0 aliphatic heterocycles. The Labute approximate surface area is 126 Å². The highest BCUT2D eigenvalue weighted by atomic mass is 32.2. The maximum absolute atomic E-state index is 12.2. The van der Waals surface area contributed by atoms with Crippen LogP contribution >= 0.6 is 0 Å². The number of carboxylic acid groups (broad SMARTS) is 1. The molecule has 6 heteroatoms. The van der Waals surface area contributed by atoms with E-state index in [9.17, 15) is 13.2 Å². The van der Waals surface area contributed by atoms with E-state index >= 15 is 0 Å². The van der Waals surface area contributed by atoms with Crippen molar-refractivity contribution in [3.63, 3.8) is 0 Å². The lowest BCUT2D eigenvalue weighted by atomic mass is 10.0. The van der Waals surface area contributed by atoms with Gasteiger partial charge in [0.15, 0.2) is 0 Å². The summed E-state index contributed by atoms with van der Waals surface area (Å²) >= 11 is 0. The molecule has 1 aromatic rings. The summed E-state index contributed by atoms with van der Waals surface area (Å²) < 4.78 is 26.9. The van der Waals surface area contributed by atoms with Gasteiger partial charge in [-0.25, -0.2) is 13.1 Å². The molecule has 1 rings (SSSR count). The van der Waals surface area contributed by atoms with Crippen LogP contribution in [-0.2, 0) is 14.8 Å². The van der Waals surface area contributed by atoms with E-state index in [2.05, 4.69) is 4.72 Å². The molecule has 0 aromatic heterocycles. The molecule has 0 bridgehead atoms. The second-order valence-corrected chi connectivity index (χ2v) is 7.46. The smallest absolute Gasteiger partial charge is 0.304 e. The number of hydrogen-bond donors (Lipinski definition) is 2. The Kier molecular flexibility index (Phi) is 6.36. The van der Waals surface area contributed by atoms with Gasteiger partial charge < -0.3 is 5.11 Å². The van der Waals surface area contributed by atoms with Crippen molar-refractivity contribution in [1.82, 2.24) is 4.72 Å². The van der Waals surface area contributed by atoms with Crippen molar-refractivity contribution in [2.24, 2.45) is 5.92 Å². The lowest BCUT2D eigenvalue weighted by Gasteiger charge is -2.22. The monoisotopic (exact) mass is 313 g/mol. The molecule has 0 aliphatic rings. The molecule has 0 amide bonds. The van der Waals surface area contributed by atoms with Crippen LogP contribution in [0.15, 0.2) is 30.3 Å². The maximum Gasteiger partial charge on any atom is 0.304 e. The van der Waals surface area contributed by atoms with Crippen LogP contribution < -0.4 is 4.72 Å². The minimum atomic E-state index is -3.53. The van der Waals surface area contributed by atoms with Gasteiger partial charge in [-0.05, 0) is 17.4 Å². The molecule has 0 fully saturated rings. The van der Waals surface area contributed by atoms with Crippen molar-refractivity contribution < 1.29 is 18.3 Å². The van der Waals surface area contributed by atoms with Crippen LogP contribution in [0.1, 0.15) is 38.7 Å². The number of hydrogen-bond acceptors (Lipinski definition) is 3. The van der Waals surface area contributed by atoms with Crippen LogP contribution in [0.25, 0.3) is 0 Å². The van der Waals surface area contributed by atoms with Crippen LogP contribution in [-0.4, -0.2) is 31.3 Å². The number of rotatable bonds is 8. The molecule has 0 heterocycles. The Hall–Kier alpha value is -1.40. The summed E-state index contributed by atoms with van der Waals surface area (Å²) in [6.07, 6.45) is -0.212. The van der Waals surface area contributed by atoms with Gasteiger partial charge in [-0.2, -0.15) is 0 Å². The minimum Gasteiger partial charge on any atom is -0.481 e. The van der Waals surface area contributed by atoms with E-state index in [1.54, 1.807) is 13.8 Å². The van der Waals surface area contributed by atoms with E-state index in [-0.39, 0.29) is 24.0 Å². The summed E-state index contributed by atoms with van der Waals surface area (Å²) in [4.78, 5) is 10.8. The van der Waals surface area contributed by atoms with Crippen LogP contribution in [0, 0.1) is 5.92 Å². The molecular weight excluding hydrogens is 290 g/mol. The lowest BCUT2D eigenvalue weighted by Crippen LogP contribution is -2.41. The second kappa shape index (κ2) is 7.56. The first-order valence-corrected chi connectivity index (χ1v) is 8.63. The SMILES string of the molecule is CC(CS(=O)(=O)NC(CC(=O)O)C(C)C)c1ccccc1. The number of sulfonamides is 1. The summed E-state index contributed by atoms with van der Waals surface area (Å²) in [5.41, 5.74) is 0.946. The van der Waals surface area contributed by atoms with Crippen LogP contribution in [0.5, 0.6) is 0 Å². The van der Waals surface area contributed by atoms with Crippen LogP contribution in [0.2, 0.25) is 0 Å². The lowest BCUT2D eigenvalue weighted by molar-refractivity contribution is -0.137. The van der Waals surface area contributed by atoms with E-state index < -0.39 is 22.0 Å². The average molecular weight is 313 g/mol. The average Bonchev–Trinajstić information content (AvgIpc) is 2.37. The molecular formula is C15H23NO4S. The van der Waals surface area contributed by atoms with Crippen molar-refractivity contribution >= 4 is 16.0 Å². The van der Waals surface area contributed by atoms with Crippen molar-refractivity contribution in [2.45, 2.75) is 39.2 Å². The zero-order valence-electron chi connectivity index (χ0n) is 12.6. The van der Waals surface area contributed by atoms with Crippen LogP contribution in [0.3, 0.4) is 0 Å². The van der Waals surface area contributed by atoms with Crippen molar-refractivity contribution in [1.29, 1.82) is 0 Å². The third kappa shape index (κ3) is 6.27. The van der Waals surface area contributed by atoms with Gasteiger partial charge in [0.25, 0.3) is 0 Å². The van der Waals surface area contributed by atoms with Gasteiger partial charge in [0.2, 0.25) is 10.0 Å². The fraction of sp³-hybridized carbons (Fsp3) is 0.533. The minimum absolute atomic E-state index is 0.0557. The third-order valence-electron chi connectivity index (χ3n) is 3.37. The fourth-order valence-corrected chi connectivity index (χ4v) is 3.85. The number of benzene rings is 1. The van der Waals surface area contributed by atoms with Gasteiger partial charge in [-0.15, -0.1) is 0 Å². The first-order valence-electron chi connectivity index (χ1n) is 6.98. The van der Waals surface area contributed by atoms with Gasteiger partial charge in [0.05, 0.1) is 12.2 Å². The Morgan fingerprint density at radius 1 is 1.19 bits per heavy atom. The largest absolute Gasteiger partial charge is 0.481 e. The number of aliphatic carboxylic acids is 1. The molecule has 2 unspecified atom stereocenters. The maximum atomic E-state index is 12.2. The Morgan fingerprint density at radius 2 is 1.76 bits per heavy atom. The van der Waals surface area contributed by atoms with E-state index in [0.29, 0.717) is 0 Å². The molecule has 5 nitrogen and oxygen atoms in total. The second-order valence-electron chi connectivity index (χ2n) is 5.66. The predicted molar refractivity (Wildman–Crippen MR) is 82.7 cm³/mol. The molecule has 0 saturated heterocycles. The molecule has 0 aliphatic carbocycles. The summed E-state index contributed by atoms with van der Waals surface area (Å²) in [5, 5.41) is 8.85. The quantitative estimate of drug-likeness (QED) is 0.771. The summed E-state index contributed by atoms with van der Waals surface area (Å²) in [6, 6.07) is 8.80. The summed E-state index contributed by atoms with van der Waals surface area (Å²) in [7, 11) is -3.53. The zero-order chi connectivity index (χ0) is 16.0. The van der Waals surface area contributed by atoms with Crippen molar-refractivity contribution in [3.8, 4) is 0 Å². The molecule has 21 heavy (non-hydrogen) atoms. The summed E-state index contributed by atoms with van der Waals surface area (Å²) in [6.45, 7) is 5.45. The van der Waals surface area contributed by atoms with Gasteiger partial charge >= 0.3 is 5.97 Å².